The van der Waals surface area contributed by atoms with Gasteiger partial charge in [0.15, 0.2) is 11.5 Å². The molecular formula is C18H19N3O4. The van der Waals surface area contributed by atoms with Crippen molar-refractivity contribution in [1.29, 1.82) is 0 Å². The van der Waals surface area contributed by atoms with Crippen LogP contribution < -0.4 is 10.2 Å². The van der Waals surface area contributed by atoms with Crippen molar-refractivity contribution in [3.63, 3.8) is 0 Å². The Morgan fingerprint density at radius 1 is 1.24 bits per heavy atom. The van der Waals surface area contributed by atoms with Gasteiger partial charge >= 0.3 is 0 Å². The van der Waals surface area contributed by atoms with Crippen LogP contribution in [0.3, 0.4) is 0 Å². The number of nitrogens with zero attached hydrogens (tertiary/aromatic N) is 2. The van der Waals surface area contributed by atoms with E-state index in [1.54, 1.807) is 12.1 Å². The van der Waals surface area contributed by atoms with Gasteiger partial charge in [-0.1, -0.05) is 17.3 Å². The molecule has 7 nitrogen and oxygen atoms in total. The third-order valence-corrected chi connectivity index (χ3v) is 3.76. The van der Waals surface area contributed by atoms with Crippen molar-refractivity contribution in [1.82, 2.24) is 10.5 Å². The van der Waals surface area contributed by atoms with Crippen molar-refractivity contribution >= 4 is 11.6 Å². The van der Waals surface area contributed by atoms with Crippen LogP contribution in [-0.2, 0) is 0 Å². The molecule has 0 spiro atoms. The van der Waals surface area contributed by atoms with Crippen LogP contribution in [0.4, 0.5) is 5.69 Å². The molecule has 1 atom stereocenters. The molecule has 0 fully saturated rings. The van der Waals surface area contributed by atoms with Crippen molar-refractivity contribution in [2.75, 3.05) is 25.5 Å². The van der Waals surface area contributed by atoms with Gasteiger partial charge in [0, 0.05) is 32.4 Å². The van der Waals surface area contributed by atoms with E-state index in [1.165, 1.54) is 12.3 Å². The molecule has 3 rings (SSSR count). The van der Waals surface area contributed by atoms with E-state index in [0.717, 1.165) is 11.3 Å². The number of amides is 1. The first-order valence-electron chi connectivity index (χ1n) is 7.79. The van der Waals surface area contributed by atoms with Crippen molar-refractivity contribution < 1.29 is 18.8 Å². The number of hydrogen-bond acceptors (Lipinski definition) is 6. The summed E-state index contributed by atoms with van der Waals surface area (Å²) >= 11 is 0. The zero-order valence-corrected chi connectivity index (χ0v) is 14.0. The average Bonchev–Trinajstić information content (AvgIpc) is 3.30. The second-order valence-corrected chi connectivity index (χ2v) is 5.77. The second kappa shape index (κ2) is 7.23. The molecule has 2 heterocycles. The maximum Gasteiger partial charge on any atom is 0.273 e. The number of aromatic nitrogens is 1. The number of carbonyl (C=O) groups excluding carboxylic acids is 1. The maximum atomic E-state index is 12.1. The van der Waals surface area contributed by atoms with Crippen molar-refractivity contribution in [3.05, 3.63) is 60.0 Å². The first-order chi connectivity index (χ1) is 12.0. The highest BCUT2D eigenvalue weighted by atomic mass is 16.5. The van der Waals surface area contributed by atoms with Crippen LogP contribution in [-0.4, -0.2) is 36.8 Å². The molecular weight excluding hydrogens is 322 g/mol. The van der Waals surface area contributed by atoms with E-state index in [0.29, 0.717) is 11.5 Å². The molecule has 0 unspecified atom stereocenters. The minimum absolute atomic E-state index is 0.0725. The van der Waals surface area contributed by atoms with E-state index in [4.69, 9.17) is 8.94 Å². The highest BCUT2D eigenvalue weighted by Gasteiger charge is 2.16. The quantitative estimate of drug-likeness (QED) is 0.716. The number of furan rings is 1. The zero-order chi connectivity index (χ0) is 17.8. The van der Waals surface area contributed by atoms with Gasteiger partial charge in [-0.05, 0) is 29.8 Å². The van der Waals surface area contributed by atoms with E-state index in [9.17, 15) is 9.90 Å². The SMILES string of the molecule is CN(C)c1ccc([C@@H](O)CNC(=O)c2cc(-c3ccco3)on2)cc1. The van der Waals surface area contributed by atoms with Gasteiger partial charge in [0.2, 0.25) is 5.76 Å². The molecule has 25 heavy (non-hydrogen) atoms. The molecule has 0 saturated carbocycles. The van der Waals surface area contributed by atoms with Crippen LogP contribution in [0.2, 0.25) is 0 Å². The number of anilines is 1. The molecule has 0 radical (unpaired) electrons. The first-order valence-corrected chi connectivity index (χ1v) is 7.79. The fourth-order valence-electron chi connectivity index (χ4n) is 2.31. The highest BCUT2D eigenvalue weighted by Crippen LogP contribution is 2.21. The van der Waals surface area contributed by atoms with Crippen LogP contribution in [0.25, 0.3) is 11.5 Å². The molecule has 1 aromatic carbocycles. The predicted octanol–water partition coefficient (Wildman–Crippen LogP) is 2.46. The third kappa shape index (κ3) is 3.89. The maximum absolute atomic E-state index is 12.1. The van der Waals surface area contributed by atoms with Crippen LogP contribution in [0.1, 0.15) is 22.2 Å². The van der Waals surface area contributed by atoms with Gasteiger partial charge in [-0.25, -0.2) is 0 Å². The minimum Gasteiger partial charge on any atom is -0.461 e. The number of nitrogens with one attached hydrogen (secondary N) is 1. The molecule has 1 amide bonds. The Balaban J connectivity index is 1.58. The van der Waals surface area contributed by atoms with Crippen molar-refractivity contribution in [2.45, 2.75) is 6.10 Å². The number of rotatable bonds is 6. The Morgan fingerprint density at radius 2 is 2.00 bits per heavy atom. The molecule has 2 aromatic heterocycles. The number of aliphatic hydroxyl groups excluding tert-OH is 1. The van der Waals surface area contributed by atoms with Crippen LogP contribution >= 0.6 is 0 Å². The van der Waals surface area contributed by atoms with E-state index in [-0.39, 0.29) is 12.2 Å². The second-order valence-electron chi connectivity index (χ2n) is 5.77. The highest BCUT2D eigenvalue weighted by molar-refractivity contribution is 5.92. The molecule has 0 aliphatic rings. The lowest BCUT2D eigenvalue weighted by molar-refractivity contribution is 0.0907. The summed E-state index contributed by atoms with van der Waals surface area (Å²) in [6, 6.07) is 12.4. The average molecular weight is 341 g/mol. The zero-order valence-electron chi connectivity index (χ0n) is 14.0. The largest absolute Gasteiger partial charge is 0.461 e. The lowest BCUT2D eigenvalue weighted by Gasteiger charge is -2.15. The Morgan fingerprint density at radius 3 is 2.64 bits per heavy atom. The van der Waals surface area contributed by atoms with Crippen molar-refractivity contribution in [2.24, 2.45) is 0 Å². The molecule has 3 aromatic rings. The van der Waals surface area contributed by atoms with Gasteiger partial charge in [0.1, 0.15) is 0 Å². The monoisotopic (exact) mass is 341 g/mol. The summed E-state index contributed by atoms with van der Waals surface area (Å²) in [7, 11) is 3.89. The van der Waals surface area contributed by atoms with E-state index < -0.39 is 12.0 Å². The Bertz CT molecular complexity index is 822. The van der Waals surface area contributed by atoms with E-state index >= 15 is 0 Å². The summed E-state index contributed by atoms with van der Waals surface area (Å²) in [5, 5.41) is 16.6. The van der Waals surface area contributed by atoms with Crippen LogP contribution in [0, 0.1) is 0 Å². The molecule has 7 heteroatoms. The summed E-state index contributed by atoms with van der Waals surface area (Å²) in [5.74, 6) is 0.438. The van der Waals surface area contributed by atoms with E-state index in [1.807, 2.05) is 43.3 Å². The fraction of sp³-hybridized carbons (Fsp3) is 0.222. The Labute approximate surface area is 144 Å². The number of carbonyl (C=O) groups is 1. The van der Waals surface area contributed by atoms with E-state index in [2.05, 4.69) is 10.5 Å². The summed E-state index contributed by atoms with van der Waals surface area (Å²) in [6.45, 7) is 0.0725. The number of benzene rings is 1. The van der Waals surface area contributed by atoms with Gasteiger partial charge < -0.3 is 24.3 Å². The summed E-state index contributed by atoms with van der Waals surface area (Å²) in [4.78, 5) is 14.1. The van der Waals surface area contributed by atoms with Gasteiger partial charge in [-0.2, -0.15) is 0 Å². The predicted molar refractivity (Wildman–Crippen MR) is 92.3 cm³/mol. The number of aliphatic hydroxyl groups is 1. The first kappa shape index (κ1) is 16.8. The Hall–Kier alpha value is -3.06. The number of hydrogen-bond donors (Lipinski definition) is 2. The molecule has 0 aliphatic heterocycles. The lowest BCUT2D eigenvalue weighted by atomic mass is 10.1. The van der Waals surface area contributed by atoms with Gasteiger partial charge in [-0.3, -0.25) is 4.79 Å². The topological polar surface area (TPSA) is 91.7 Å². The summed E-state index contributed by atoms with van der Waals surface area (Å²) in [6.07, 6.45) is 0.701. The fourth-order valence-corrected chi connectivity index (χ4v) is 2.31. The normalized spacial score (nSPS) is 12.0. The molecule has 0 aliphatic carbocycles. The molecule has 130 valence electrons. The van der Waals surface area contributed by atoms with Crippen molar-refractivity contribution in [3.8, 4) is 11.5 Å². The standard InChI is InChI=1S/C18H19N3O4/c1-21(2)13-7-5-12(6-8-13)15(22)11-19-18(23)14-10-17(25-20-14)16-4-3-9-24-16/h3-10,15,22H,11H2,1-2H3,(H,19,23)/t15-/m0/s1. The molecule has 0 saturated heterocycles. The minimum atomic E-state index is -0.809. The lowest BCUT2D eigenvalue weighted by Crippen LogP contribution is -2.28. The smallest absolute Gasteiger partial charge is 0.273 e. The van der Waals surface area contributed by atoms with Gasteiger partial charge in [0.25, 0.3) is 5.91 Å². The molecule has 0 bridgehead atoms. The summed E-state index contributed by atoms with van der Waals surface area (Å²) < 4.78 is 10.3. The molecule has 2 N–H and O–H groups in total. The summed E-state index contributed by atoms with van der Waals surface area (Å²) in [5.41, 5.74) is 1.89. The van der Waals surface area contributed by atoms with Gasteiger partial charge in [0.05, 0.1) is 12.4 Å². The van der Waals surface area contributed by atoms with Crippen LogP contribution in [0.15, 0.2) is 57.7 Å². The Kier molecular flexibility index (Phi) is 4.85. The van der Waals surface area contributed by atoms with Crippen LogP contribution in [0.5, 0.6) is 0 Å². The third-order valence-electron chi connectivity index (χ3n) is 3.76. The van der Waals surface area contributed by atoms with Gasteiger partial charge in [-0.15, -0.1) is 0 Å².